The molecule has 2 saturated heterocycles. The number of rotatable bonds is 2. The highest BCUT2D eigenvalue weighted by Crippen LogP contribution is 2.24. The van der Waals surface area contributed by atoms with Gasteiger partial charge in [-0.15, -0.1) is 23.1 Å². The molecule has 0 unspecified atom stereocenters. The molecule has 0 aromatic carbocycles. The van der Waals surface area contributed by atoms with Gasteiger partial charge in [0, 0.05) is 43.5 Å². The number of hydrogen-bond donors (Lipinski definition) is 1. The summed E-state index contributed by atoms with van der Waals surface area (Å²) in [6.45, 7) is 2.67. The summed E-state index contributed by atoms with van der Waals surface area (Å²) in [7, 11) is 0. The van der Waals surface area contributed by atoms with E-state index in [1.807, 2.05) is 5.38 Å². The molecule has 2 fully saturated rings. The van der Waals surface area contributed by atoms with Crippen LogP contribution in [0.5, 0.6) is 0 Å². The Kier molecular flexibility index (Phi) is 4.20. The lowest BCUT2D eigenvalue weighted by atomic mass is 10.3. The highest BCUT2D eigenvalue weighted by atomic mass is 32.2. The third-order valence-electron chi connectivity index (χ3n) is 3.65. The van der Waals surface area contributed by atoms with Crippen molar-refractivity contribution in [2.45, 2.75) is 6.04 Å². The van der Waals surface area contributed by atoms with Gasteiger partial charge in [0.2, 0.25) is 0 Å². The number of thiazole rings is 1. The fourth-order valence-corrected chi connectivity index (χ4v) is 4.31. The van der Waals surface area contributed by atoms with E-state index in [9.17, 15) is 9.59 Å². The molecule has 0 bridgehead atoms. The zero-order valence-corrected chi connectivity index (χ0v) is 13.0. The van der Waals surface area contributed by atoms with Crippen LogP contribution < -0.4 is 4.90 Å². The maximum Gasteiger partial charge on any atom is 0.327 e. The van der Waals surface area contributed by atoms with Crippen LogP contribution >= 0.6 is 23.1 Å². The van der Waals surface area contributed by atoms with Crippen LogP contribution in [0.2, 0.25) is 0 Å². The molecule has 1 aromatic heterocycles. The van der Waals surface area contributed by atoms with Gasteiger partial charge in [0.1, 0.15) is 6.04 Å². The minimum Gasteiger partial charge on any atom is -0.480 e. The maximum atomic E-state index is 12.5. The second kappa shape index (κ2) is 6.10. The van der Waals surface area contributed by atoms with E-state index in [0.717, 1.165) is 18.2 Å². The number of carboxylic acids is 1. The zero-order valence-electron chi connectivity index (χ0n) is 11.3. The van der Waals surface area contributed by atoms with Crippen LogP contribution in [0.15, 0.2) is 11.6 Å². The van der Waals surface area contributed by atoms with Crippen molar-refractivity contribution in [2.24, 2.45) is 0 Å². The first-order valence-corrected chi connectivity index (χ1v) is 8.71. The normalized spacial score (nSPS) is 22.7. The Balaban J connectivity index is 1.59. The molecule has 2 aliphatic rings. The van der Waals surface area contributed by atoms with Crippen molar-refractivity contribution in [2.75, 3.05) is 42.7 Å². The summed E-state index contributed by atoms with van der Waals surface area (Å²) in [6, 6.07) is -0.856. The number of aromatic nitrogens is 1. The Labute approximate surface area is 130 Å². The summed E-state index contributed by atoms with van der Waals surface area (Å²) in [6.07, 6.45) is 1.77. The lowest BCUT2D eigenvalue weighted by Gasteiger charge is -2.37. The van der Waals surface area contributed by atoms with Crippen molar-refractivity contribution in [3.05, 3.63) is 11.6 Å². The second-order valence-corrected chi connectivity index (χ2v) is 6.77. The summed E-state index contributed by atoms with van der Waals surface area (Å²) in [5.74, 6) is 0.0117. The van der Waals surface area contributed by atoms with Gasteiger partial charge < -0.3 is 19.8 Å². The fraction of sp³-hybridized carbons (Fsp3) is 0.583. The van der Waals surface area contributed by atoms with E-state index in [1.54, 1.807) is 22.4 Å². The SMILES string of the molecule is O=C(O)[C@@H]1CSCN1C(=O)N1CCN(c2nccs2)CC1. The monoisotopic (exact) mass is 328 g/mol. The number of carboxylic acid groups (broad SMARTS) is 1. The number of aliphatic carboxylic acids is 1. The van der Waals surface area contributed by atoms with E-state index >= 15 is 0 Å². The van der Waals surface area contributed by atoms with Crippen molar-refractivity contribution < 1.29 is 14.7 Å². The summed E-state index contributed by atoms with van der Waals surface area (Å²) in [5.41, 5.74) is 0. The van der Waals surface area contributed by atoms with Crippen molar-refractivity contribution in [1.82, 2.24) is 14.8 Å². The van der Waals surface area contributed by atoms with Gasteiger partial charge in [0.05, 0.1) is 5.88 Å². The highest BCUT2D eigenvalue weighted by Gasteiger charge is 2.37. The first kappa shape index (κ1) is 14.5. The summed E-state index contributed by atoms with van der Waals surface area (Å²) < 4.78 is 0. The summed E-state index contributed by atoms with van der Waals surface area (Å²) >= 11 is 3.08. The molecule has 3 rings (SSSR count). The standard InChI is InChI=1S/C12H16N4O3S2/c17-10(18)9-7-20-8-16(9)12(19)15-4-2-14(3-5-15)11-13-1-6-21-11/h1,6,9H,2-5,7-8H2,(H,17,18)/t9-/m0/s1. The van der Waals surface area contributed by atoms with Gasteiger partial charge in [0.15, 0.2) is 5.13 Å². The molecule has 0 aliphatic carbocycles. The van der Waals surface area contributed by atoms with Crippen LogP contribution in [0.25, 0.3) is 0 Å². The molecule has 3 heterocycles. The van der Waals surface area contributed by atoms with Crippen molar-refractivity contribution in [3.8, 4) is 0 Å². The number of anilines is 1. The first-order chi connectivity index (χ1) is 10.2. The van der Waals surface area contributed by atoms with Crippen LogP contribution in [-0.2, 0) is 4.79 Å². The third kappa shape index (κ3) is 2.93. The maximum absolute atomic E-state index is 12.5. The summed E-state index contributed by atoms with van der Waals surface area (Å²) in [5, 5.41) is 12.1. The number of amides is 2. The van der Waals surface area contributed by atoms with Gasteiger partial charge in [-0.25, -0.2) is 14.6 Å². The Morgan fingerprint density at radius 1 is 1.29 bits per heavy atom. The van der Waals surface area contributed by atoms with Gasteiger partial charge >= 0.3 is 12.0 Å². The van der Waals surface area contributed by atoms with E-state index in [2.05, 4.69) is 9.88 Å². The van der Waals surface area contributed by atoms with Crippen LogP contribution in [-0.4, -0.2) is 75.7 Å². The molecular weight excluding hydrogens is 312 g/mol. The predicted molar refractivity (Wildman–Crippen MR) is 81.9 cm³/mol. The number of thioether (sulfide) groups is 1. The molecule has 114 valence electrons. The topological polar surface area (TPSA) is 77.0 Å². The van der Waals surface area contributed by atoms with Gasteiger partial charge in [0.25, 0.3) is 0 Å². The number of urea groups is 1. The zero-order chi connectivity index (χ0) is 14.8. The number of carbonyl (C=O) groups is 2. The lowest BCUT2D eigenvalue weighted by molar-refractivity contribution is -0.140. The quantitative estimate of drug-likeness (QED) is 0.867. The summed E-state index contributed by atoms with van der Waals surface area (Å²) in [4.78, 5) is 33.3. The number of nitrogens with zero attached hydrogens (tertiary/aromatic N) is 4. The second-order valence-electron chi connectivity index (χ2n) is 4.90. The molecule has 9 heteroatoms. The lowest BCUT2D eigenvalue weighted by Crippen LogP contribution is -2.55. The largest absolute Gasteiger partial charge is 0.480 e. The number of piperazine rings is 1. The molecule has 2 aliphatic heterocycles. The number of carbonyl (C=O) groups excluding carboxylic acids is 1. The smallest absolute Gasteiger partial charge is 0.327 e. The van der Waals surface area contributed by atoms with E-state index in [-0.39, 0.29) is 6.03 Å². The molecule has 1 aromatic rings. The highest BCUT2D eigenvalue weighted by molar-refractivity contribution is 7.99. The fourth-order valence-electron chi connectivity index (χ4n) is 2.48. The van der Waals surface area contributed by atoms with Crippen LogP contribution in [0, 0.1) is 0 Å². The minimum atomic E-state index is -0.922. The molecule has 1 atom stereocenters. The minimum absolute atomic E-state index is 0.161. The van der Waals surface area contributed by atoms with E-state index in [1.165, 1.54) is 16.7 Å². The van der Waals surface area contributed by atoms with E-state index in [0.29, 0.717) is 24.7 Å². The van der Waals surface area contributed by atoms with Crippen molar-refractivity contribution in [3.63, 3.8) is 0 Å². The molecule has 21 heavy (non-hydrogen) atoms. The Morgan fingerprint density at radius 2 is 2.05 bits per heavy atom. The Bertz CT molecular complexity index is 517. The van der Waals surface area contributed by atoms with Crippen molar-refractivity contribution >= 4 is 40.2 Å². The number of hydrogen-bond acceptors (Lipinski definition) is 6. The van der Waals surface area contributed by atoms with Gasteiger partial charge in [-0.1, -0.05) is 0 Å². The van der Waals surface area contributed by atoms with Gasteiger partial charge in [-0.3, -0.25) is 0 Å². The van der Waals surface area contributed by atoms with Gasteiger partial charge in [-0.2, -0.15) is 0 Å². The van der Waals surface area contributed by atoms with Crippen LogP contribution in [0.4, 0.5) is 9.93 Å². The van der Waals surface area contributed by atoms with Crippen LogP contribution in [0.1, 0.15) is 0 Å². The Hall–Kier alpha value is -1.48. The van der Waals surface area contributed by atoms with E-state index in [4.69, 9.17) is 5.11 Å². The molecular formula is C12H16N4O3S2. The molecule has 0 radical (unpaired) electrons. The molecule has 7 nitrogen and oxygen atoms in total. The third-order valence-corrected chi connectivity index (χ3v) is 5.50. The molecule has 2 amide bonds. The predicted octanol–water partition coefficient (Wildman–Crippen LogP) is 0.845. The molecule has 0 spiro atoms. The van der Waals surface area contributed by atoms with E-state index < -0.39 is 12.0 Å². The van der Waals surface area contributed by atoms with Crippen LogP contribution in [0.3, 0.4) is 0 Å². The van der Waals surface area contributed by atoms with Crippen molar-refractivity contribution in [1.29, 1.82) is 0 Å². The molecule has 0 saturated carbocycles. The van der Waals surface area contributed by atoms with Gasteiger partial charge in [-0.05, 0) is 0 Å². The average molecular weight is 328 g/mol. The first-order valence-electron chi connectivity index (χ1n) is 6.67. The Morgan fingerprint density at radius 3 is 2.67 bits per heavy atom. The molecule has 1 N–H and O–H groups in total. The average Bonchev–Trinajstić information content (AvgIpc) is 3.18.